The molecule has 0 aliphatic rings. The third-order valence-electron chi connectivity index (χ3n) is 2.10. The number of hydrogen-bond donors (Lipinski definition) is 1. The zero-order valence-corrected chi connectivity index (χ0v) is 10.8. The first kappa shape index (κ1) is 14.2. The summed E-state index contributed by atoms with van der Waals surface area (Å²) < 4.78 is 23.9. The van der Waals surface area contributed by atoms with Crippen molar-refractivity contribution in [2.24, 2.45) is 0 Å². The van der Waals surface area contributed by atoms with Crippen LogP contribution >= 0.6 is 11.6 Å². The zero-order valence-electron chi connectivity index (χ0n) is 10.0. The number of rotatable bonds is 7. The van der Waals surface area contributed by atoms with E-state index >= 15 is 0 Å². The van der Waals surface area contributed by atoms with Gasteiger partial charge in [-0.05, 0) is 32.0 Å². The summed E-state index contributed by atoms with van der Waals surface area (Å²) in [5.74, 6) is -0.443. The molecule has 0 unspecified atom stereocenters. The Morgan fingerprint density at radius 2 is 1.94 bits per heavy atom. The van der Waals surface area contributed by atoms with E-state index in [0.717, 1.165) is 0 Å². The standard InChI is InChI=1S/C12H17ClFNO2/c1-3-16-12(17-4-2)8-15-9-5-6-10(13)11(14)7-9/h5-7,12,15H,3-4,8H2,1-2H3. The fraction of sp³-hybridized carbons (Fsp3) is 0.500. The SMILES string of the molecule is CCOC(CNc1ccc(Cl)c(F)c1)OCC. The first-order valence-corrected chi connectivity index (χ1v) is 5.97. The van der Waals surface area contributed by atoms with Crippen LogP contribution in [-0.2, 0) is 9.47 Å². The van der Waals surface area contributed by atoms with E-state index in [1.54, 1.807) is 6.07 Å². The predicted molar refractivity (Wildman–Crippen MR) is 66.9 cm³/mol. The average Bonchev–Trinajstić information content (AvgIpc) is 2.31. The lowest BCUT2D eigenvalue weighted by Crippen LogP contribution is -2.26. The number of ether oxygens (including phenoxy) is 2. The maximum atomic E-state index is 13.2. The Balaban J connectivity index is 2.49. The molecule has 0 saturated heterocycles. The fourth-order valence-corrected chi connectivity index (χ4v) is 1.46. The van der Waals surface area contributed by atoms with Crippen molar-refractivity contribution in [1.82, 2.24) is 0 Å². The second-order valence-corrected chi connectivity index (χ2v) is 3.76. The minimum Gasteiger partial charge on any atom is -0.380 e. The second-order valence-electron chi connectivity index (χ2n) is 3.35. The predicted octanol–water partition coefficient (Wildman–Crippen LogP) is 3.29. The lowest BCUT2D eigenvalue weighted by Gasteiger charge is -2.18. The van der Waals surface area contributed by atoms with Crippen molar-refractivity contribution in [3.63, 3.8) is 0 Å². The minimum absolute atomic E-state index is 0.113. The van der Waals surface area contributed by atoms with Crippen LogP contribution < -0.4 is 5.32 Å². The number of benzene rings is 1. The van der Waals surface area contributed by atoms with Gasteiger partial charge in [-0.15, -0.1) is 0 Å². The molecule has 0 radical (unpaired) electrons. The van der Waals surface area contributed by atoms with Crippen molar-refractivity contribution in [2.45, 2.75) is 20.1 Å². The molecular weight excluding hydrogens is 245 g/mol. The number of anilines is 1. The van der Waals surface area contributed by atoms with Crippen molar-refractivity contribution >= 4 is 17.3 Å². The van der Waals surface area contributed by atoms with Gasteiger partial charge in [0.15, 0.2) is 6.29 Å². The normalized spacial score (nSPS) is 10.9. The number of halogens is 2. The van der Waals surface area contributed by atoms with Gasteiger partial charge >= 0.3 is 0 Å². The summed E-state index contributed by atoms with van der Waals surface area (Å²) in [5, 5.41) is 3.15. The Bertz CT molecular complexity index is 343. The summed E-state index contributed by atoms with van der Waals surface area (Å²) in [6.45, 7) is 5.40. The molecule has 17 heavy (non-hydrogen) atoms. The van der Waals surface area contributed by atoms with E-state index in [-0.39, 0.29) is 11.3 Å². The summed E-state index contributed by atoms with van der Waals surface area (Å²) in [4.78, 5) is 0. The quantitative estimate of drug-likeness (QED) is 0.764. The van der Waals surface area contributed by atoms with Crippen LogP contribution in [0.5, 0.6) is 0 Å². The van der Waals surface area contributed by atoms with Crippen molar-refractivity contribution < 1.29 is 13.9 Å². The van der Waals surface area contributed by atoms with Crippen LogP contribution in [0.1, 0.15) is 13.8 Å². The molecule has 0 aliphatic carbocycles. The molecule has 0 fully saturated rings. The highest BCUT2D eigenvalue weighted by molar-refractivity contribution is 6.30. The first-order chi connectivity index (χ1) is 8.17. The van der Waals surface area contributed by atoms with Gasteiger partial charge in [0.2, 0.25) is 0 Å². The van der Waals surface area contributed by atoms with Gasteiger partial charge in [-0.25, -0.2) is 4.39 Å². The van der Waals surface area contributed by atoms with Gasteiger partial charge in [-0.2, -0.15) is 0 Å². The van der Waals surface area contributed by atoms with Crippen LogP contribution in [0.25, 0.3) is 0 Å². The minimum atomic E-state index is -0.443. The van der Waals surface area contributed by atoms with Crippen LogP contribution in [0.15, 0.2) is 18.2 Å². The Morgan fingerprint density at radius 1 is 1.29 bits per heavy atom. The van der Waals surface area contributed by atoms with Gasteiger partial charge in [-0.3, -0.25) is 0 Å². The van der Waals surface area contributed by atoms with Gasteiger partial charge in [0.1, 0.15) is 5.82 Å². The van der Waals surface area contributed by atoms with Crippen molar-refractivity contribution in [1.29, 1.82) is 0 Å². The molecule has 5 heteroatoms. The summed E-state index contributed by atoms with van der Waals surface area (Å²) in [6.07, 6.45) is -0.330. The lowest BCUT2D eigenvalue weighted by molar-refractivity contribution is -0.126. The van der Waals surface area contributed by atoms with Gasteiger partial charge in [0.25, 0.3) is 0 Å². The molecule has 1 rings (SSSR count). The molecule has 0 spiro atoms. The van der Waals surface area contributed by atoms with Gasteiger partial charge in [0.05, 0.1) is 11.6 Å². The third kappa shape index (κ3) is 4.89. The van der Waals surface area contributed by atoms with E-state index < -0.39 is 5.82 Å². The Kier molecular flexibility index (Phi) is 6.26. The summed E-state index contributed by atoms with van der Waals surface area (Å²) in [6, 6.07) is 4.56. The highest BCUT2D eigenvalue weighted by Crippen LogP contribution is 2.18. The number of nitrogens with one attached hydrogen (secondary N) is 1. The molecule has 0 atom stereocenters. The van der Waals surface area contributed by atoms with E-state index in [9.17, 15) is 4.39 Å². The van der Waals surface area contributed by atoms with E-state index in [1.807, 2.05) is 13.8 Å². The monoisotopic (exact) mass is 261 g/mol. The van der Waals surface area contributed by atoms with Gasteiger partial charge in [-0.1, -0.05) is 11.6 Å². The maximum Gasteiger partial charge on any atom is 0.174 e. The summed E-state index contributed by atoms with van der Waals surface area (Å²) >= 11 is 5.59. The number of hydrogen-bond acceptors (Lipinski definition) is 3. The molecule has 0 bridgehead atoms. The smallest absolute Gasteiger partial charge is 0.174 e. The highest BCUT2D eigenvalue weighted by atomic mass is 35.5. The van der Waals surface area contributed by atoms with E-state index in [0.29, 0.717) is 25.4 Å². The largest absolute Gasteiger partial charge is 0.380 e. The van der Waals surface area contributed by atoms with E-state index in [4.69, 9.17) is 21.1 Å². The van der Waals surface area contributed by atoms with Crippen LogP contribution in [-0.4, -0.2) is 26.0 Å². The second kappa shape index (κ2) is 7.48. The Hall–Kier alpha value is -0.840. The third-order valence-corrected chi connectivity index (χ3v) is 2.40. The van der Waals surface area contributed by atoms with Crippen LogP contribution in [0.2, 0.25) is 5.02 Å². The van der Waals surface area contributed by atoms with Crippen LogP contribution in [0.3, 0.4) is 0 Å². The van der Waals surface area contributed by atoms with Crippen molar-refractivity contribution in [2.75, 3.05) is 25.1 Å². The van der Waals surface area contributed by atoms with Crippen LogP contribution in [0.4, 0.5) is 10.1 Å². The molecule has 3 nitrogen and oxygen atoms in total. The molecule has 0 heterocycles. The van der Waals surface area contributed by atoms with Crippen molar-refractivity contribution in [3.8, 4) is 0 Å². The average molecular weight is 262 g/mol. The molecule has 0 amide bonds. The Labute approximate surface area is 106 Å². The van der Waals surface area contributed by atoms with Gasteiger partial charge in [0, 0.05) is 18.9 Å². The molecule has 1 N–H and O–H groups in total. The van der Waals surface area contributed by atoms with Crippen LogP contribution in [0, 0.1) is 5.82 Å². The molecule has 0 aliphatic heterocycles. The van der Waals surface area contributed by atoms with E-state index in [2.05, 4.69) is 5.32 Å². The topological polar surface area (TPSA) is 30.5 Å². The van der Waals surface area contributed by atoms with E-state index in [1.165, 1.54) is 12.1 Å². The molecular formula is C12H17ClFNO2. The Morgan fingerprint density at radius 3 is 2.47 bits per heavy atom. The molecule has 0 saturated carbocycles. The molecule has 1 aromatic carbocycles. The zero-order chi connectivity index (χ0) is 12.7. The molecule has 96 valence electrons. The molecule has 0 aromatic heterocycles. The summed E-state index contributed by atoms with van der Waals surface area (Å²) in [5.41, 5.74) is 0.649. The van der Waals surface area contributed by atoms with Gasteiger partial charge < -0.3 is 14.8 Å². The first-order valence-electron chi connectivity index (χ1n) is 5.59. The summed E-state index contributed by atoms with van der Waals surface area (Å²) in [7, 11) is 0. The molecule has 1 aromatic rings. The van der Waals surface area contributed by atoms with Crippen molar-refractivity contribution in [3.05, 3.63) is 29.0 Å². The maximum absolute atomic E-state index is 13.2. The fourth-order valence-electron chi connectivity index (χ4n) is 1.35. The highest BCUT2D eigenvalue weighted by Gasteiger charge is 2.08. The lowest BCUT2D eigenvalue weighted by atomic mass is 10.3.